The fourth-order valence-corrected chi connectivity index (χ4v) is 2.65. The fourth-order valence-electron chi connectivity index (χ4n) is 2.65. The molecule has 2 N–H and O–H groups in total. The van der Waals surface area contributed by atoms with Crippen molar-refractivity contribution in [3.8, 4) is 5.75 Å². The molecule has 1 saturated heterocycles. The van der Waals surface area contributed by atoms with Crippen LogP contribution in [-0.2, 0) is 0 Å². The van der Waals surface area contributed by atoms with Crippen molar-refractivity contribution in [2.75, 3.05) is 26.7 Å². The van der Waals surface area contributed by atoms with Gasteiger partial charge in [-0.3, -0.25) is 0 Å². The Morgan fingerprint density at radius 2 is 1.89 bits per heavy atom. The summed E-state index contributed by atoms with van der Waals surface area (Å²) in [6.45, 7) is 3.05. The summed E-state index contributed by atoms with van der Waals surface area (Å²) >= 11 is 0. The Bertz CT molecular complexity index is 547. The number of nitrogens with one attached hydrogen (secondary N) is 2. The molecule has 0 saturated carbocycles. The molecular formula is C15H18N2O. The van der Waals surface area contributed by atoms with E-state index in [1.54, 1.807) is 7.11 Å². The lowest BCUT2D eigenvalue weighted by atomic mass is 9.97. The topological polar surface area (TPSA) is 33.3 Å². The first kappa shape index (κ1) is 11.5. The Morgan fingerprint density at radius 3 is 2.61 bits per heavy atom. The predicted octanol–water partition coefficient (Wildman–Crippen LogP) is 2.08. The van der Waals surface area contributed by atoms with Crippen LogP contribution in [-0.4, -0.2) is 26.7 Å². The van der Waals surface area contributed by atoms with Crippen molar-refractivity contribution in [1.29, 1.82) is 0 Å². The molecule has 94 valence electrons. The summed E-state index contributed by atoms with van der Waals surface area (Å²) in [4.78, 5) is 0. The van der Waals surface area contributed by atoms with Crippen LogP contribution in [0.25, 0.3) is 10.8 Å². The van der Waals surface area contributed by atoms with Crippen LogP contribution < -0.4 is 15.4 Å². The van der Waals surface area contributed by atoms with E-state index in [9.17, 15) is 0 Å². The normalized spacial score (nSPS) is 19.9. The van der Waals surface area contributed by atoms with Crippen LogP contribution in [0.5, 0.6) is 5.75 Å². The number of rotatable bonds is 2. The largest absolute Gasteiger partial charge is 0.496 e. The first-order valence-electron chi connectivity index (χ1n) is 6.40. The molecule has 0 amide bonds. The molecule has 0 radical (unpaired) electrons. The fraction of sp³-hybridized carbons (Fsp3) is 0.333. The first-order chi connectivity index (χ1) is 8.90. The maximum absolute atomic E-state index is 5.43. The van der Waals surface area contributed by atoms with Gasteiger partial charge in [-0.25, -0.2) is 0 Å². The number of methoxy groups -OCH3 is 1. The van der Waals surface area contributed by atoms with Crippen molar-refractivity contribution in [2.24, 2.45) is 0 Å². The molecule has 0 unspecified atom stereocenters. The smallest absolute Gasteiger partial charge is 0.126 e. The minimum atomic E-state index is 0.384. The lowest BCUT2D eigenvalue weighted by molar-refractivity contribution is 0.417. The second-order valence-corrected chi connectivity index (χ2v) is 4.61. The van der Waals surface area contributed by atoms with Gasteiger partial charge in [0.2, 0.25) is 0 Å². The van der Waals surface area contributed by atoms with Crippen molar-refractivity contribution >= 4 is 10.8 Å². The molecule has 1 aliphatic heterocycles. The van der Waals surface area contributed by atoms with Gasteiger partial charge in [-0.2, -0.15) is 0 Å². The summed E-state index contributed by atoms with van der Waals surface area (Å²) in [5.41, 5.74) is 1.35. The van der Waals surface area contributed by atoms with Crippen LogP contribution in [0.4, 0.5) is 0 Å². The molecule has 1 atom stereocenters. The minimum Gasteiger partial charge on any atom is -0.496 e. The third-order valence-electron chi connectivity index (χ3n) is 3.55. The average Bonchev–Trinajstić information content (AvgIpc) is 2.47. The van der Waals surface area contributed by atoms with Gasteiger partial charge in [0, 0.05) is 31.1 Å². The number of ether oxygens (including phenoxy) is 1. The Labute approximate surface area is 107 Å². The standard InChI is InChI=1S/C15H18N2O/c1-18-15-7-6-12(14-10-16-8-9-17-14)11-4-2-3-5-13(11)15/h2-7,14,16-17H,8-10H2,1H3/t14-/m0/s1. The van der Waals surface area contributed by atoms with E-state index < -0.39 is 0 Å². The summed E-state index contributed by atoms with van der Waals surface area (Å²) in [5.74, 6) is 0.943. The molecule has 2 aromatic rings. The van der Waals surface area contributed by atoms with Gasteiger partial charge in [0.15, 0.2) is 0 Å². The molecule has 3 heteroatoms. The summed E-state index contributed by atoms with van der Waals surface area (Å²) in [6.07, 6.45) is 0. The molecule has 0 bridgehead atoms. The van der Waals surface area contributed by atoms with E-state index in [2.05, 4.69) is 47.0 Å². The third-order valence-corrected chi connectivity index (χ3v) is 3.55. The van der Waals surface area contributed by atoms with Crippen LogP contribution in [0.2, 0.25) is 0 Å². The average molecular weight is 242 g/mol. The van der Waals surface area contributed by atoms with E-state index in [1.165, 1.54) is 16.3 Å². The van der Waals surface area contributed by atoms with E-state index >= 15 is 0 Å². The van der Waals surface area contributed by atoms with Crippen LogP contribution in [0, 0.1) is 0 Å². The third kappa shape index (κ3) is 1.96. The first-order valence-corrected chi connectivity index (χ1v) is 6.40. The van der Waals surface area contributed by atoms with Crippen LogP contribution in [0.15, 0.2) is 36.4 Å². The summed E-state index contributed by atoms with van der Waals surface area (Å²) < 4.78 is 5.43. The van der Waals surface area contributed by atoms with Crippen LogP contribution >= 0.6 is 0 Å². The number of benzene rings is 2. The van der Waals surface area contributed by atoms with Crippen molar-refractivity contribution in [2.45, 2.75) is 6.04 Å². The van der Waals surface area contributed by atoms with E-state index in [4.69, 9.17) is 4.74 Å². The van der Waals surface area contributed by atoms with E-state index in [-0.39, 0.29) is 0 Å². The van der Waals surface area contributed by atoms with Crippen LogP contribution in [0.1, 0.15) is 11.6 Å². The highest BCUT2D eigenvalue weighted by Crippen LogP contribution is 2.31. The van der Waals surface area contributed by atoms with Gasteiger partial charge >= 0.3 is 0 Å². The highest BCUT2D eigenvalue weighted by molar-refractivity contribution is 5.91. The van der Waals surface area contributed by atoms with Crippen LogP contribution in [0.3, 0.4) is 0 Å². The second kappa shape index (κ2) is 4.96. The van der Waals surface area contributed by atoms with Gasteiger partial charge in [0.05, 0.1) is 7.11 Å². The van der Waals surface area contributed by atoms with Crippen molar-refractivity contribution < 1.29 is 4.74 Å². The summed E-state index contributed by atoms with van der Waals surface area (Å²) in [7, 11) is 1.72. The van der Waals surface area contributed by atoms with Crippen molar-refractivity contribution in [3.63, 3.8) is 0 Å². The zero-order valence-electron chi connectivity index (χ0n) is 10.6. The maximum atomic E-state index is 5.43. The predicted molar refractivity (Wildman–Crippen MR) is 74.1 cm³/mol. The molecule has 1 aliphatic rings. The molecule has 18 heavy (non-hydrogen) atoms. The van der Waals surface area contributed by atoms with Gasteiger partial charge in [0.25, 0.3) is 0 Å². The zero-order chi connectivity index (χ0) is 12.4. The Kier molecular flexibility index (Phi) is 3.17. The summed E-state index contributed by atoms with van der Waals surface area (Å²) in [6, 6.07) is 13.1. The molecular weight excluding hydrogens is 224 g/mol. The quantitative estimate of drug-likeness (QED) is 0.846. The Morgan fingerprint density at radius 1 is 1.06 bits per heavy atom. The molecule has 0 spiro atoms. The molecule has 1 fully saturated rings. The lowest BCUT2D eigenvalue weighted by Crippen LogP contribution is -2.42. The van der Waals surface area contributed by atoms with E-state index in [1.807, 2.05) is 0 Å². The van der Waals surface area contributed by atoms with Gasteiger partial charge in [-0.05, 0) is 17.0 Å². The zero-order valence-corrected chi connectivity index (χ0v) is 10.6. The van der Waals surface area contributed by atoms with Crippen molar-refractivity contribution in [1.82, 2.24) is 10.6 Å². The molecule has 1 heterocycles. The monoisotopic (exact) mass is 242 g/mol. The molecule has 0 aliphatic carbocycles. The Balaban J connectivity index is 2.12. The lowest BCUT2D eigenvalue weighted by Gasteiger charge is -2.26. The number of piperazine rings is 1. The number of fused-ring (bicyclic) bond motifs is 1. The number of hydrogen-bond donors (Lipinski definition) is 2. The van der Waals surface area contributed by atoms with E-state index in [0.717, 1.165) is 25.4 Å². The SMILES string of the molecule is COc1ccc([C@@H]2CNCCN2)c2ccccc12. The van der Waals surface area contributed by atoms with Gasteiger partial charge in [-0.1, -0.05) is 30.3 Å². The minimum absolute atomic E-state index is 0.384. The van der Waals surface area contributed by atoms with E-state index in [0.29, 0.717) is 6.04 Å². The second-order valence-electron chi connectivity index (χ2n) is 4.61. The maximum Gasteiger partial charge on any atom is 0.126 e. The van der Waals surface area contributed by atoms with Gasteiger partial charge in [0.1, 0.15) is 5.75 Å². The van der Waals surface area contributed by atoms with Gasteiger partial charge in [-0.15, -0.1) is 0 Å². The highest BCUT2D eigenvalue weighted by Gasteiger charge is 2.17. The number of hydrogen-bond acceptors (Lipinski definition) is 3. The molecule has 0 aromatic heterocycles. The Hall–Kier alpha value is -1.58. The summed E-state index contributed by atoms with van der Waals surface area (Å²) in [5, 5.41) is 9.46. The molecule has 3 rings (SSSR count). The molecule has 3 nitrogen and oxygen atoms in total. The van der Waals surface area contributed by atoms with Crippen molar-refractivity contribution in [3.05, 3.63) is 42.0 Å². The highest BCUT2D eigenvalue weighted by atomic mass is 16.5. The van der Waals surface area contributed by atoms with Gasteiger partial charge < -0.3 is 15.4 Å². The molecule has 2 aromatic carbocycles.